The maximum absolute atomic E-state index is 12.5. The van der Waals surface area contributed by atoms with Crippen molar-refractivity contribution in [1.82, 2.24) is 13.7 Å². The van der Waals surface area contributed by atoms with Gasteiger partial charge in [0.1, 0.15) is 18.1 Å². The first kappa shape index (κ1) is 16.6. The number of nitrogens with zero attached hydrogens (tertiary/aromatic N) is 3. The largest absolute Gasteiger partial charge is 0.487 e. The van der Waals surface area contributed by atoms with Gasteiger partial charge in [-0.2, -0.15) is 8.75 Å². The summed E-state index contributed by atoms with van der Waals surface area (Å²) in [6.07, 6.45) is 0. The van der Waals surface area contributed by atoms with Gasteiger partial charge in [-0.15, -0.1) is 0 Å². The van der Waals surface area contributed by atoms with Gasteiger partial charge in [0, 0.05) is 5.56 Å². The second-order valence-electron chi connectivity index (χ2n) is 5.55. The van der Waals surface area contributed by atoms with E-state index in [9.17, 15) is 4.79 Å². The molecule has 2 heterocycles. The van der Waals surface area contributed by atoms with Gasteiger partial charge < -0.3 is 4.74 Å². The molecule has 0 fully saturated rings. The maximum atomic E-state index is 12.5. The number of thiazole rings is 1. The minimum atomic E-state index is -0.221. The lowest BCUT2D eigenvalue weighted by atomic mass is 10.2. The lowest BCUT2D eigenvalue weighted by molar-refractivity contribution is 0.102. The van der Waals surface area contributed by atoms with Crippen molar-refractivity contribution in [1.29, 1.82) is 0 Å². The van der Waals surface area contributed by atoms with Crippen LogP contribution in [0.3, 0.4) is 0 Å². The summed E-state index contributed by atoms with van der Waals surface area (Å²) in [5, 5.41) is 3.42. The lowest BCUT2D eigenvalue weighted by Crippen LogP contribution is -2.11. The van der Waals surface area contributed by atoms with Crippen LogP contribution in [-0.4, -0.2) is 19.6 Å². The molecule has 0 spiro atoms. The number of hydrogen-bond acceptors (Lipinski definition) is 7. The minimum absolute atomic E-state index is 0.221. The number of amides is 1. The Labute approximate surface area is 157 Å². The molecule has 4 rings (SSSR count). The molecule has 0 aliphatic carbocycles. The molecule has 2 aromatic heterocycles. The number of rotatable bonds is 5. The van der Waals surface area contributed by atoms with Crippen molar-refractivity contribution in [3.8, 4) is 5.75 Å². The molecule has 1 N–H and O–H groups in total. The normalized spacial score (nSPS) is 10.8. The molecule has 0 saturated carbocycles. The zero-order valence-corrected chi connectivity index (χ0v) is 15.4. The highest BCUT2D eigenvalue weighted by molar-refractivity contribution is 7.22. The van der Waals surface area contributed by atoms with Gasteiger partial charge >= 0.3 is 0 Å². The molecule has 130 valence electrons. The molecular weight excluding hydrogens is 368 g/mol. The molecule has 0 atom stereocenters. The Morgan fingerprint density at radius 1 is 1.15 bits per heavy atom. The molecule has 26 heavy (non-hydrogen) atoms. The Hall–Kier alpha value is -2.84. The Kier molecular flexibility index (Phi) is 4.59. The molecule has 1 amide bonds. The van der Waals surface area contributed by atoms with E-state index in [0.29, 0.717) is 23.1 Å². The molecule has 0 radical (unpaired) electrons. The molecule has 0 aliphatic heterocycles. The van der Waals surface area contributed by atoms with Crippen molar-refractivity contribution in [2.45, 2.75) is 13.5 Å². The zero-order chi connectivity index (χ0) is 17.9. The second-order valence-corrected chi connectivity index (χ2v) is 7.11. The maximum Gasteiger partial charge on any atom is 0.257 e. The molecule has 0 unspecified atom stereocenters. The number of nitrogens with one attached hydrogen (secondary N) is 1. The fourth-order valence-corrected chi connectivity index (χ4v) is 3.77. The van der Waals surface area contributed by atoms with Crippen LogP contribution < -0.4 is 10.1 Å². The predicted molar refractivity (Wildman–Crippen MR) is 103 cm³/mol. The summed E-state index contributed by atoms with van der Waals surface area (Å²) in [6.45, 7) is 2.22. The Morgan fingerprint density at radius 2 is 2.04 bits per heavy atom. The van der Waals surface area contributed by atoms with E-state index in [4.69, 9.17) is 4.74 Å². The Morgan fingerprint density at radius 3 is 2.85 bits per heavy atom. The average Bonchev–Trinajstić information content (AvgIpc) is 3.25. The van der Waals surface area contributed by atoms with Crippen molar-refractivity contribution >= 4 is 44.3 Å². The fraction of sp³-hybridized carbons (Fsp3) is 0.111. The highest BCUT2D eigenvalue weighted by Gasteiger charge is 2.11. The van der Waals surface area contributed by atoms with E-state index in [1.54, 1.807) is 18.2 Å². The molecule has 8 heteroatoms. The SMILES string of the molecule is Cc1nsnc1COc1cccc(C(=O)Nc2nc3ccccc3s2)c1. The van der Waals surface area contributed by atoms with Crippen LogP contribution in [0.4, 0.5) is 5.13 Å². The van der Waals surface area contributed by atoms with Crippen LogP contribution in [0.2, 0.25) is 0 Å². The standard InChI is InChI=1S/C18H14N4O2S2/c1-11-15(22-26-21-11)10-24-13-6-4-5-12(9-13)17(23)20-18-19-14-7-2-3-8-16(14)25-18/h2-9H,10H2,1H3,(H,19,20,23). The Bertz CT molecular complexity index is 1040. The Balaban J connectivity index is 1.46. The quantitative estimate of drug-likeness (QED) is 0.557. The van der Waals surface area contributed by atoms with E-state index >= 15 is 0 Å². The molecule has 6 nitrogen and oxygen atoms in total. The first-order valence-electron chi connectivity index (χ1n) is 7.87. The summed E-state index contributed by atoms with van der Waals surface area (Å²) in [6, 6.07) is 14.8. The van der Waals surface area contributed by atoms with E-state index in [1.165, 1.54) is 11.3 Å². The van der Waals surface area contributed by atoms with Gasteiger partial charge in [0.25, 0.3) is 5.91 Å². The van der Waals surface area contributed by atoms with Crippen molar-refractivity contribution in [2.75, 3.05) is 5.32 Å². The molecule has 0 aliphatic rings. The van der Waals surface area contributed by atoms with Gasteiger partial charge in [0.05, 0.1) is 27.6 Å². The monoisotopic (exact) mass is 382 g/mol. The van der Waals surface area contributed by atoms with Crippen molar-refractivity contribution in [3.63, 3.8) is 0 Å². The summed E-state index contributed by atoms with van der Waals surface area (Å²) < 4.78 is 15.1. The number of hydrogen-bond donors (Lipinski definition) is 1. The van der Waals surface area contributed by atoms with E-state index < -0.39 is 0 Å². The van der Waals surface area contributed by atoms with Crippen LogP contribution in [0.15, 0.2) is 48.5 Å². The summed E-state index contributed by atoms with van der Waals surface area (Å²) in [5.74, 6) is 0.385. The van der Waals surface area contributed by atoms with Crippen molar-refractivity contribution in [2.24, 2.45) is 0 Å². The summed E-state index contributed by atoms with van der Waals surface area (Å²) in [7, 11) is 0. The first-order chi connectivity index (χ1) is 12.7. The summed E-state index contributed by atoms with van der Waals surface area (Å²) >= 11 is 2.61. The van der Waals surface area contributed by atoms with Gasteiger partial charge in [0.2, 0.25) is 0 Å². The number of ether oxygens (including phenoxy) is 1. The molecule has 2 aromatic carbocycles. The molecule has 0 bridgehead atoms. The van der Waals surface area contributed by atoms with E-state index in [0.717, 1.165) is 33.3 Å². The number of fused-ring (bicyclic) bond motifs is 1. The van der Waals surface area contributed by atoms with Crippen LogP contribution >= 0.6 is 23.1 Å². The van der Waals surface area contributed by atoms with Gasteiger partial charge in [-0.05, 0) is 37.3 Å². The lowest BCUT2D eigenvalue weighted by Gasteiger charge is -2.07. The van der Waals surface area contributed by atoms with Crippen LogP contribution in [0.5, 0.6) is 5.75 Å². The van der Waals surface area contributed by atoms with Gasteiger partial charge in [-0.1, -0.05) is 29.5 Å². The summed E-state index contributed by atoms with van der Waals surface area (Å²) in [4.78, 5) is 16.9. The van der Waals surface area contributed by atoms with Gasteiger partial charge in [0.15, 0.2) is 5.13 Å². The summed E-state index contributed by atoms with van der Waals surface area (Å²) in [5.41, 5.74) is 3.05. The third-order valence-electron chi connectivity index (χ3n) is 3.73. The van der Waals surface area contributed by atoms with E-state index in [1.807, 2.05) is 37.3 Å². The number of benzene rings is 2. The minimum Gasteiger partial charge on any atom is -0.487 e. The van der Waals surface area contributed by atoms with Crippen LogP contribution in [0.25, 0.3) is 10.2 Å². The van der Waals surface area contributed by atoms with Crippen molar-refractivity contribution < 1.29 is 9.53 Å². The number of carbonyl (C=O) groups excluding carboxylic acids is 1. The first-order valence-corrected chi connectivity index (χ1v) is 9.41. The molecular formula is C18H14N4O2S2. The zero-order valence-electron chi connectivity index (χ0n) is 13.8. The number of anilines is 1. The molecule has 0 saturated heterocycles. The van der Waals surface area contributed by atoms with Gasteiger partial charge in [-0.25, -0.2) is 4.98 Å². The second kappa shape index (κ2) is 7.19. The third kappa shape index (κ3) is 3.56. The number of carbonyl (C=O) groups is 1. The van der Waals surface area contributed by atoms with E-state index in [-0.39, 0.29) is 5.91 Å². The average molecular weight is 382 g/mol. The number of para-hydroxylation sites is 1. The van der Waals surface area contributed by atoms with Crippen LogP contribution in [-0.2, 0) is 6.61 Å². The van der Waals surface area contributed by atoms with Crippen LogP contribution in [0.1, 0.15) is 21.7 Å². The highest BCUT2D eigenvalue weighted by atomic mass is 32.1. The van der Waals surface area contributed by atoms with Crippen LogP contribution in [0, 0.1) is 6.92 Å². The topological polar surface area (TPSA) is 77.0 Å². The number of aryl methyl sites for hydroxylation is 1. The fourth-order valence-electron chi connectivity index (χ4n) is 2.35. The number of aromatic nitrogens is 3. The smallest absolute Gasteiger partial charge is 0.257 e. The van der Waals surface area contributed by atoms with Crippen molar-refractivity contribution in [3.05, 3.63) is 65.5 Å². The van der Waals surface area contributed by atoms with Gasteiger partial charge in [-0.3, -0.25) is 10.1 Å². The molecule has 4 aromatic rings. The predicted octanol–water partition coefficient (Wildman–Crippen LogP) is 4.29. The highest BCUT2D eigenvalue weighted by Crippen LogP contribution is 2.26. The van der Waals surface area contributed by atoms with E-state index in [2.05, 4.69) is 19.0 Å². The third-order valence-corrected chi connectivity index (χ3v) is 5.34.